The first-order valence-corrected chi connectivity index (χ1v) is 10.9. The molecule has 0 aliphatic carbocycles. The number of furan rings is 1. The Labute approximate surface area is 192 Å². The number of rotatable bonds is 5. The molecule has 6 heteroatoms. The van der Waals surface area contributed by atoms with E-state index in [1.807, 2.05) is 50.4 Å². The lowest BCUT2D eigenvalue weighted by Gasteiger charge is -2.17. The molecule has 2 aromatic carbocycles. The summed E-state index contributed by atoms with van der Waals surface area (Å²) in [6, 6.07) is 18.5. The van der Waals surface area contributed by atoms with Gasteiger partial charge in [-0.25, -0.2) is 9.97 Å². The molecule has 0 saturated carbocycles. The SMILES string of the molecule is Cc1nc(N[C@@H](C)c2cccc(-c3cncc(N)c3)c2)cc(-c2ccc3occ(C)c3c2)n1. The summed E-state index contributed by atoms with van der Waals surface area (Å²) >= 11 is 0. The number of pyridine rings is 1. The number of nitrogens with two attached hydrogens (primary N) is 1. The highest BCUT2D eigenvalue weighted by atomic mass is 16.3. The van der Waals surface area contributed by atoms with E-state index in [2.05, 4.69) is 51.5 Å². The summed E-state index contributed by atoms with van der Waals surface area (Å²) in [6.07, 6.45) is 5.26. The molecule has 0 amide bonds. The lowest BCUT2D eigenvalue weighted by atomic mass is 10.0. The van der Waals surface area contributed by atoms with Crippen LogP contribution in [0.3, 0.4) is 0 Å². The molecule has 0 aliphatic rings. The van der Waals surface area contributed by atoms with Gasteiger partial charge in [-0.1, -0.05) is 18.2 Å². The monoisotopic (exact) mass is 435 g/mol. The molecule has 0 unspecified atom stereocenters. The van der Waals surface area contributed by atoms with Crippen molar-refractivity contribution in [3.05, 3.63) is 90.2 Å². The molecule has 0 radical (unpaired) electrons. The van der Waals surface area contributed by atoms with Crippen LogP contribution in [-0.4, -0.2) is 15.0 Å². The maximum atomic E-state index is 5.91. The number of aryl methyl sites for hydroxylation is 2. The summed E-state index contributed by atoms with van der Waals surface area (Å²) in [5.41, 5.74) is 13.7. The third kappa shape index (κ3) is 4.28. The number of hydrogen-bond donors (Lipinski definition) is 2. The van der Waals surface area contributed by atoms with E-state index in [0.29, 0.717) is 11.5 Å². The number of aromatic nitrogens is 3. The minimum Gasteiger partial charge on any atom is -0.464 e. The van der Waals surface area contributed by atoms with Crippen LogP contribution in [0.4, 0.5) is 11.5 Å². The molecule has 0 bridgehead atoms. The first kappa shape index (κ1) is 20.7. The Morgan fingerprint density at radius 1 is 0.909 bits per heavy atom. The number of hydrogen-bond acceptors (Lipinski definition) is 6. The molecule has 5 aromatic rings. The molecule has 0 aliphatic heterocycles. The van der Waals surface area contributed by atoms with Gasteiger partial charge in [0.2, 0.25) is 0 Å². The summed E-state index contributed by atoms with van der Waals surface area (Å²) in [7, 11) is 0. The van der Waals surface area contributed by atoms with E-state index in [1.165, 1.54) is 0 Å². The number of fused-ring (bicyclic) bond motifs is 1. The van der Waals surface area contributed by atoms with Crippen LogP contribution >= 0.6 is 0 Å². The molecule has 3 heterocycles. The Balaban J connectivity index is 1.43. The van der Waals surface area contributed by atoms with Crippen LogP contribution in [0.15, 0.2) is 77.7 Å². The number of nitrogens with zero attached hydrogens (tertiary/aromatic N) is 3. The molecule has 3 N–H and O–H groups in total. The molecule has 3 aromatic heterocycles. The molecule has 164 valence electrons. The highest BCUT2D eigenvalue weighted by Gasteiger charge is 2.12. The van der Waals surface area contributed by atoms with E-state index in [4.69, 9.17) is 10.2 Å². The van der Waals surface area contributed by atoms with Gasteiger partial charge in [-0.3, -0.25) is 4.98 Å². The summed E-state index contributed by atoms with van der Waals surface area (Å²) in [5.74, 6) is 1.50. The second-order valence-corrected chi connectivity index (χ2v) is 8.31. The average Bonchev–Trinajstić information content (AvgIpc) is 3.19. The molecular weight excluding hydrogens is 410 g/mol. The zero-order chi connectivity index (χ0) is 22.9. The van der Waals surface area contributed by atoms with Crippen molar-refractivity contribution in [1.82, 2.24) is 15.0 Å². The normalized spacial score (nSPS) is 12.1. The lowest BCUT2D eigenvalue weighted by molar-refractivity contribution is 0.613. The van der Waals surface area contributed by atoms with Gasteiger partial charge in [0, 0.05) is 41.0 Å². The van der Waals surface area contributed by atoms with Gasteiger partial charge in [-0.15, -0.1) is 0 Å². The fraction of sp³-hybridized carbons (Fsp3) is 0.148. The average molecular weight is 436 g/mol. The number of anilines is 2. The van der Waals surface area contributed by atoms with Crippen molar-refractivity contribution >= 4 is 22.5 Å². The van der Waals surface area contributed by atoms with Crippen molar-refractivity contribution in [3.63, 3.8) is 0 Å². The molecule has 6 nitrogen and oxygen atoms in total. The van der Waals surface area contributed by atoms with Crippen molar-refractivity contribution in [3.8, 4) is 22.4 Å². The van der Waals surface area contributed by atoms with Crippen molar-refractivity contribution in [2.45, 2.75) is 26.8 Å². The Bertz CT molecular complexity index is 1460. The minimum absolute atomic E-state index is 0.0414. The molecule has 0 spiro atoms. The van der Waals surface area contributed by atoms with Crippen LogP contribution in [0.25, 0.3) is 33.4 Å². The van der Waals surface area contributed by atoms with E-state index in [9.17, 15) is 0 Å². The second-order valence-electron chi connectivity index (χ2n) is 8.31. The van der Waals surface area contributed by atoms with E-state index in [0.717, 1.165) is 50.3 Å². The number of benzene rings is 2. The minimum atomic E-state index is 0.0414. The van der Waals surface area contributed by atoms with Crippen LogP contribution in [0.2, 0.25) is 0 Å². The topological polar surface area (TPSA) is 89.9 Å². The summed E-state index contributed by atoms with van der Waals surface area (Å²) in [4.78, 5) is 13.5. The van der Waals surface area contributed by atoms with Gasteiger partial charge in [0.15, 0.2) is 0 Å². The summed E-state index contributed by atoms with van der Waals surface area (Å²) in [5, 5.41) is 4.63. The number of nitrogen functional groups attached to an aromatic ring is 1. The zero-order valence-corrected chi connectivity index (χ0v) is 18.8. The predicted octanol–water partition coefficient (Wildman–Crippen LogP) is 6.32. The Morgan fingerprint density at radius 2 is 1.79 bits per heavy atom. The quantitative estimate of drug-likeness (QED) is 0.335. The first-order chi connectivity index (χ1) is 16.0. The summed E-state index contributed by atoms with van der Waals surface area (Å²) < 4.78 is 5.58. The van der Waals surface area contributed by atoms with Crippen LogP contribution in [0, 0.1) is 13.8 Å². The van der Waals surface area contributed by atoms with Crippen molar-refractivity contribution < 1.29 is 4.42 Å². The van der Waals surface area contributed by atoms with Crippen LogP contribution in [-0.2, 0) is 0 Å². The van der Waals surface area contributed by atoms with Gasteiger partial charge in [0.05, 0.1) is 17.6 Å². The molecule has 33 heavy (non-hydrogen) atoms. The van der Waals surface area contributed by atoms with E-state index < -0.39 is 0 Å². The third-order valence-electron chi connectivity index (χ3n) is 5.74. The Hall–Kier alpha value is -4.19. The molecule has 5 rings (SSSR count). The fourth-order valence-electron chi connectivity index (χ4n) is 4.01. The number of nitrogens with one attached hydrogen (secondary N) is 1. The summed E-state index contributed by atoms with van der Waals surface area (Å²) in [6.45, 7) is 6.08. The molecule has 1 atom stereocenters. The van der Waals surface area contributed by atoms with Gasteiger partial charge in [-0.2, -0.15) is 0 Å². The van der Waals surface area contributed by atoms with Crippen molar-refractivity contribution in [1.29, 1.82) is 0 Å². The van der Waals surface area contributed by atoms with E-state index in [-0.39, 0.29) is 6.04 Å². The second kappa shape index (κ2) is 8.39. The molecule has 0 fully saturated rings. The highest BCUT2D eigenvalue weighted by Crippen LogP contribution is 2.29. The first-order valence-electron chi connectivity index (χ1n) is 10.9. The third-order valence-corrected chi connectivity index (χ3v) is 5.74. The van der Waals surface area contributed by atoms with Crippen LogP contribution < -0.4 is 11.1 Å². The van der Waals surface area contributed by atoms with E-state index >= 15 is 0 Å². The molecule has 0 saturated heterocycles. The van der Waals surface area contributed by atoms with Gasteiger partial charge in [-0.05, 0) is 67.8 Å². The van der Waals surface area contributed by atoms with Gasteiger partial charge in [0.1, 0.15) is 17.2 Å². The smallest absolute Gasteiger partial charge is 0.134 e. The Morgan fingerprint density at radius 3 is 2.64 bits per heavy atom. The van der Waals surface area contributed by atoms with Gasteiger partial charge >= 0.3 is 0 Å². The largest absolute Gasteiger partial charge is 0.464 e. The highest BCUT2D eigenvalue weighted by molar-refractivity contribution is 5.85. The maximum absolute atomic E-state index is 5.91. The Kier molecular flexibility index (Phi) is 5.26. The van der Waals surface area contributed by atoms with E-state index in [1.54, 1.807) is 12.5 Å². The van der Waals surface area contributed by atoms with Crippen molar-refractivity contribution in [2.75, 3.05) is 11.1 Å². The van der Waals surface area contributed by atoms with Crippen LogP contribution in [0.5, 0.6) is 0 Å². The van der Waals surface area contributed by atoms with Gasteiger partial charge in [0.25, 0.3) is 0 Å². The maximum Gasteiger partial charge on any atom is 0.134 e. The fourth-order valence-corrected chi connectivity index (χ4v) is 4.01. The lowest BCUT2D eigenvalue weighted by Crippen LogP contribution is -2.09. The zero-order valence-electron chi connectivity index (χ0n) is 18.8. The van der Waals surface area contributed by atoms with Gasteiger partial charge < -0.3 is 15.5 Å². The standard InChI is InChI=1S/C27H25N5O/c1-16-15-33-26-8-7-21(11-24(16)26)25-12-27(32-18(3)31-25)30-17(2)19-5-4-6-20(9-19)22-10-23(28)14-29-13-22/h4-15,17H,28H2,1-3H3,(H,30,31,32)/t17-/m0/s1. The van der Waals surface area contributed by atoms with Crippen molar-refractivity contribution in [2.24, 2.45) is 0 Å². The predicted molar refractivity (Wildman–Crippen MR) is 133 cm³/mol. The van der Waals surface area contributed by atoms with Crippen LogP contribution in [0.1, 0.15) is 29.9 Å². The molecular formula is C27H25N5O.